The molecule has 1 heterocycles. The second kappa shape index (κ2) is 11.0. The normalized spacial score (nSPS) is 14.4. The Hall–Kier alpha value is -5.76. The highest BCUT2D eigenvalue weighted by atomic mass is 16.5. The molecule has 6 rings (SSSR count). The van der Waals surface area contributed by atoms with Gasteiger partial charge in [0.25, 0.3) is 11.8 Å². The average Bonchev–Trinajstić information content (AvgIpc) is 3.02. The first-order valence-electron chi connectivity index (χ1n) is 13.2. The van der Waals surface area contributed by atoms with E-state index in [9.17, 15) is 19.2 Å². The summed E-state index contributed by atoms with van der Waals surface area (Å²) in [6.07, 6.45) is 1.46. The topological polar surface area (TPSA) is 102 Å². The highest BCUT2D eigenvalue weighted by Gasteiger charge is 2.37. The van der Waals surface area contributed by atoms with Gasteiger partial charge in [-0.15, -0.1) is 0 Å². The number of methoxy groups -OCH3 is 1. The van der Waals surface area contributed by atoms with E-state index in [2.05, 4.69) is 5.32 Å². The minimum absolute atomic E-state index is 0.189. The van der Waals surface area contributed by atoms with Crippen LogP contribution in [0.4, 0.5) is 10.5 Å². The molecule has 0 spiro atoms. The first-order chi connectivity index (χ1) is 20.4. The van der Waals surface area contributed by atoms with Crippen molar-refractivity contribution in [1.82, 2.24) is 5.32 Å². The lowest BCUT2D eigenvalue weighted by Crippen LogP contribution is -2.54. The van der Waals surface area contributed by atoms with Crippen molar-refractivity contribution in [2.24, 2.45) is 0 Å². The maximum absolute atomic E-state index is 13.6. The summed E-state index contributed by atoms with van der Waals surface area (Å²) in [5.74, 6) is -1.71. The summed E-state index contributed by atoms with van der Waals surface area (Å²) in [4.78, 5) is 52.1. The van der Waals surface area contributed by atoms with E-state index in [4.69, 9.17) is 9.47 Å². The molecule has 0 atom stereocenters. The summed E-state index contributed by atoms with van der Waals surface area (Å²) >= 11 is 0. The molecule has 1 aliphatic rings. The van der Waals surface area contributed by atoms with Crippen LogP contribution in [0.3, 0.4) is 0 Å². The lowest BCUT2D eigenvalue weighted by molar-refractivity contribution is -0.122. The highest BCUT2D eigenvalue weighted by molar-refractivity contribution is 6.39. The first kappa shape index (κ1) is 26.5. The third-order valence-electron chi connectivity index (χ3n) is 7.13. The fourth-order valence-electron chi connectivity index (χ4n) is 5.02. The van der Waals surface area contributed by atoms with E-state index >= 15 is 0 Å². The van der Waals surface area contributed by atoms with Gasteiger partial charge in [0.2, 0.25) is 0 Å². The Balaban J connectivity index is 1.39. The van der Waals surface area contributed by atoms with Crippen LogP contribution in [0.2, 0.25) is 0 Å². The molecule has 42 heavy (non-hydrogen) atoms. The Kier molecular flexibility index (Phi) is 6.94. The summed E-state index contributed by atoms with van der Waals surface area (Å²) in [6.45, 7) is 0.257. The number of urea groups is 1. The number of barbiturate groups is 1. The molecule has 1 aliphatic heterocycles. The zero-order chi connectivity index (χ0) is 29.2. The number of anilines is 1. The molecule has 8 nitrogen and oxygen atoms in total. The van der Waals surface area contributed by atoms with E-state index in [-0.39, 0.29) is 23.4 Å². The van der Waals surface area contributed by atoms with Crippen molar-refractivity contribution in [2.75, 3.05) is 12.0 Å². The van der Waals surface area contributed by atoms with E-state index in [0.29, 0.717) is 11.3 Å². The van der Waals surface area contributed by atoms with Gasteiger partial charge in [-0.1, -0.05) is 72.8 Å². The molecule has 0 aliphatic carbocycles. The van der Waals surface area contributed by atoms with Crippen molar-refractivity contribution in [3.63, 3.8) is 0 Å². The molecule has 4 amide bonds. The van der Waals surface area contributed by atoms with Crippen molar-refractivity contribution in [3.05, 3.63) is 125 Å². The minimum Gasteiger partial charge on any atom is -0.488 e. The van der Waals surface area contributed by atoms with Crippen LogP contribution in [0.5, 0.6) is 5.75 Å². The van der Waals surface area contributed by atoms with Crippen LogP contribution in [0, 0.1) is 0 Å². The van der Waals surface area contributed by atoms with Crippen LogP contribution in [-0.2, 0) is 20.9 Å². The molecule has 0 radical (unpaired) electrons. The SMILES string of the molecule is COC(=O)c1ccc(N2C(=O)NC(=O)/C(=C\c3c(OCc4cccc5ccccc45)ccc4ccccc34)C2=O)cc1. The van der Waals surface area contributed by atoms with E-state index in [0.717, 1.165) is 32.0 Å². The fourth-order valence-corrected chi connectivity index (χ4v) is 5.02. The second-order valence-corrected chi connectivity index (χ2v) is 9.62. The molecular formula is C34H24N2O6. The number of benzene rings is 5. The van der Waals surface area contributed by atoms with Crippen LogP contribution in [0.1, 0.15) is 21.5 Å². The molecule has 1 N–H and O–H groups in total. The third-order valence-corrected chi connectivity index (χ3v) is 7.13. The number of carbonyl (C=O) groups is 4. The Labute approximate surface area is 240 Å². The summed E-state index contributed by atoms with van der Waals surface area (Å²) < 4.78 is 11.0. The van der Waals surface area contributed by atoms with Crippen molar-refractivity contribution in [2.45, 2.75) is 6.61 Å². The number of nitrogens with one attached hydrogen (secondary N) is 1. The van der Waals surface area contributed by atoms with Crippen molar-refractivity contribution >= 4 is 57.1 Å². The largest absolute Gasteiger partial charge is 0.488 e. The lowest BCUT2D eigenvalue weighted by atomic mass is 9.99. The summed E-state index contributed by atoms with van der Waals surface area (Å²) in [6, 6.07) is 30.2. The maximum Gasteiger partial charge on any atom is 0.337 e. The number of ether oxygens (including phenoxy) is 2. The van der Waals surface area contributed by atoms with Gasteiger partial charge in [-0.05, 0) is 63.5 Å². The molecule has 0 aromatic heterocycles. The molecule has 8 heteroatoms. The number of amides is 4. The van der Waals surface area contributed by atoms with Gasteiger partial charge in [0.05, 0.1) is 18.4 Å². The number of carbonyl (C=O) groups excluding carboxylic acids is 4. The molecule has 1 fully saturated rings. The smallest absolute Gasteiger partial charge is 0.337 e. The molecular weight excluding hydrogens is 532 g/mol. The molecule has 0 saturated carbocycles. The minimum atomic E-state index is -0.890. The molecule has 5 aromatic rings. The number of hydrogen-bond acceptors (Lipinski definition) is 6. The van der Waals surface area contributed by atoms with Crippen LogP contribution >= 0.6 is 0 Å². The Morgan fingerprint density at radius 1 is 0.786 bits per heavy atom. The number of imide groups is 2. The van der Waals surface area contributed by atoms with E-state index in [1.54, 1.807) is 6.07 Å². The number of hydrogen-bond donors (Lipinski definition) is 1. The van der Waals surface area contributed by atoms with Gasteiger partial charge in [-0.2, -0.15) is 0 Å². The monoisotopic (exact) mass is 556 g/mol. The van der Waals surface area contributed by atoms with Crippen LogP contribution in [0.25, 0.3) is 27.6 Å². The Bertz CT molecular complexity index is 1920. The van der Waals surface area contributed by atoms with Gasteiger partial charge < -0.3 is 9.47 Å². The van der Waals surface area contributed by atoms with Gasteiger partial charge in [-0.3, -0.25) is 14.9 Å². The van der Waals surface area contributed by atoms with Crippen LogP contribution in [0.15, 0.2) is 109 Å². The summed E-state index contributed by atoms with van der Waals surface area (Å²) in [5, 5.41) is 6.06. The Morgan fingerprint density at radius 3 is 2.19 bits per heavy atom. The number of rotatable bonds is 6. The van der Waals surface area contributed by atoms with E-state index in [1.165, 1.54) is 37.5 Å². The zero-order valence-electron chi connectivity index (χ0n) is 22.5. The number of esters is 1. The van der Waals surface area contributed by atoms with Crippen LogP contribution < -0.4 is 15.0 Å². The van der Waals surface area contributed by atoms with Crippen molar-refractivity contribution in [3.8, 4) is 5.75 Å². The van der Waals surface area contributed by atoms with Gasteiger partial charge in [0.15, 0.2) is 0 Å². The van der Waals surface area contributed by atoms with Crippen LogP contribution in [-0.4, -0.2) is 30.9 Å². The van der Waals surface area contributed by atoms with Crippen molar-refractivity contribution in [1.29, 1.82) is 0 Å². The van der Waals surface area contributed by atoms with Gasteiger partial charge in [0.1, 0.15) is 17.9 Å². The molecule has 5 aromatic carbocycles. The summed E-state index contributed by atoms with van der Waals surface area (Å²) in [7, 11) is 1.26. The Morgan fingerprint density at radius 2 is 1.45 bits per heavy atom. The zero-order valence-corrected chi connectivity index (χ0v) is 22.5. The second-order valence-electron chi connectivity index (χ2n) is 9.62. The maximum atomic E-state index is 13.6. The first-order valence-corrected chi connectivity index (χ1v) is 13.2. The molecule has 1 saturated heterocycles. The molecule has 0 bridgehead atoms. The highest BCUT2D eigenvalue weighted by Crippen LogP contribution is 2.33. The average molecular weight is 557 g/mol. The lowest BCUT2D eigenvalue weighted by Gasteiger charge is -2.26. The number of nitrogens with zero attached hydrogens (tertiary/aromatic N) is 1. The fraction of sp³-hybridized carbons (Fsp3) is 0.0588. The van der Waals surface area contributed by atoms with Crippen molar-refractivity contribution < 1.29 is 28.7 Å². The standard InChI is InChI=1S/C34H24N2O6/c1-41-33(39)23-13-16-25(17-14-23)36-32(38)29(31(37)35-34(36)40)19-28-27-12-5-3-8-22(27)15-18-30(28)42-20-24-10-6-9-21-7-2-4-11-26(21)24/h2-19H,20H2,1H3,(H,35,37,40)/b29-19+. The predicted molar refractivity (Wildman–Crippen MR) is 159 cm³/mol. The number of fused-ring (bicyclic) bond motifs is 2. The quantitative estimate of drug-likeness (QED) is 0.156. The van der Waals surface area contributed by atoms with Gasteiger partial charge in [0, 0.05) is 5.56 Å². The third kappa shape index (κ3) is 4.86. The van der Waals surface area contributed by atoms with Gasteiger partial charge in [-0.25, -0.2) is 14.5 Å². The molecule has 0 unspecified atom stereocenters. The van der Waals surface area contributed by atoms with E-state index < -0.39 is 23.8 Å². The molecule has 206 valence electrons. The summed E-state index contributed by atoms with van der Waals surface area (Å²) in [5.41, 5.74) is 1.72. The van der Waals surface area contributed by atoms with Gasteiger partial charge >= 0.3 is 12.0 Å². The predicted octanol–water partition coefficient (Wildman–Crippen LogP) is 6.03. The van der Waals surface area contributed by atoms with E-state index in [1.807, 2.05) is 72.8 Å².